The number of aromatic amines is 1. The lowest BCUT2D eigenvalue weighted by atomic mass is 10.1. The molecule has 24 heavy (non-hydrogen) atoms. The summed E-state index contributed by atoms with van der Waals surface area (Å²) in [5.41, 5.74) is 1.67. The summed E-state index contributed by atoms with van der Waals surface area (Å²) >= 11 is 1.32. The van der Waals surface area contributed by atoms with Gasteiger partial charge in [-0.2, -0.15) is 0 Å². The smallest absolute Gasteiger partial charge is 0.254 e. The molecule has 3 aromatic rings. The fourth-order valence-electron chi connectivity index (χ4n) is 2.33. The number of anilines is 1. The van der Waals surface area contributed by atoms with Gasteiger partial charge in [0, 0.05) is 23.1 Å². The fraction of sp³-hybridized carbons (Fsp3) is 0.250. The van der Waals surface area contributed by atoms with Crippen molar-refractivity contribution < 1.29 is 9.21 Å². The number of amides is 1. The first-order valence-corrected chi connectivity index (χ1v) is 8.26. The van der Waals surface area contributed by atoms with Crippen molar-refractivity contribution in [2.24, 2.45) is 0 Å². The molecule has 8 heteroatoms. The molecule has 3 rings (SSSR count). The topological polar surface area (TPSA) is 101 Å². The van der Waals surface area contributed by atoms with Crippen molar-refractivity contribution in [3.8, 4) is 11.5 Å². The van der Waals surface area contributed by atoms with Crippen LogP contribution in [0.3, 0.4) is 0 Å². The van der Waals surface area contributed by atoms with Crippen molar-refractivity contribution >= 4 is 22.4 Å². The van der Waals surface area contributed by atoms with E-state index in [4.69, 9.17) is 4.42 Å². The third-order valence-electron chi connectivity index (χ3n) is 3.47. The lowest BCUT2D eigenvalue weighted by Gasteiger charge is -2.05. The molecule has 0 bridgehead atoms. The van der Waals surface area contributed by atoms with Gasteiger partial charge in [0.15, 0.2) is 10.9 Å². The van der Waals surface area contributed by atoms with Gasteiger partial charge in [0.2, 0.25) is 5.91 Å². The van der Waals surface area contributed by atoms with E-state index in [0.29, 0.717) is 40.1 Å². The molecule has 0 saturated carbocycles. The molecule has 0 unspecified atom stereocenters. The number of hydrogen-bond donors (Lipinski definition) is 2. The van der Waals surface area contributed by atoms with E-state index in [1.807, 2.05) is 5.38 Å². The Balaban J connectivity index is 1.62. The zero-order valence-corrected chi connectivity index (χ0v) is 14.1. The van der Waals surface area contributed by atoms with Crippen molar-refractivity contribution in [3.63, 3.8) is 0 Å². The van der Waals surface area contributed by atoms with Crippen LogP contribution in [0, 0.1) is 13.8 Å². The van der Waals surface area contributed by atoms with Gasteiger partial charge in [-0.25, -0.2) is 9.97 Å². The van der Waals surface area contributed by atoms with Crippen LogP contribution >= 0.6 is 11.3 Å². The zero-order chi connectivity index (χ0) is 17.1. The van der Waals surface area contributed by atoms with Crippen LogP contribution in [-0.4, -0.2) is 20.9 Å². The SMILES string of the molecule is Cc1nc(C)c(CCC(=O)Nc2nc(-c3ccco3)cs2)c(=O)[nH]1. The summed E-state index contributed by atoms with van der Waals surface area (Å²) in [5.74, 6) is 1.02. The molecule has 0 radical (unpaired) electrons. The molecule has 0 atom stereocenters. The highest BCUT2D eigenvalue weighted by Gasteiger charge is 2.12. The molecule has 0 fully saturated rings. The third-order valence-corrected chi connectivity index (χ3v) is 4.22. The molecule has 7 nitrogen and oxygen atoms in total. The molecule has 1 amide bonds. The number of nitrogens with one attached hydrogen (secondary N) is 2. The molecule has 0 aromatic carbocycles. The maximum absolute atomic E-state index is 12.1. The van der Waals surface area contributed by atoms with Crippen LogP contribution in [0.15, 0.2) is 33.0 Å². The monoisotopic (exact) mass is 344 g/mol. The van der Waals surface area contributed by atoms with Crippen LogP contribution in [-0.2, 0) is 11.2 Å². The molecule has 3 aromatic heterocycles. The molecule has 0 aliphatic rings. The van der Waals surface area contributed by atoms with E-state index in [-0.39, 0.29) is 17.9 Å². The van der Waals surface area contributed by atoms with Gasteiger partial charge in [-0.15, -0.1) is 11.3 Å². The van der Waals surface area contributed by atoms with Crippen LogP contribution in [0.1, 0.15) is 23.5 Å². The van der Waals surface area contributed by atoms with E-state index in [1.165, 1.54) is 11.3 Å². The number of furan rings is 1. The standard InChI is InChI=1S/C16H16N4O3S/c1-9-11(15(22)18-10(2)17-9)5-6-14(21)20-16-19-12(8-24-16)13-4-3-7-23-13/h3-4,7-8H,5-6H2,1-2H3,(H,17,18,22)(H,19,20,21). The fourth-order valence-corrected chi connectivity index (χ4v) is 3.05. The number of H-pyrrole nitrogens is 1. The van der Waals surface area contributed by atoms with Gasteiger partial charge < -0.3 is 14.7 Å². The number of aryl methyl sites for hydroxylation is 2. The number of carbonyl (C=O) groups is 1. The number of nitrogens with zero attached hydrogens (tertiary/aromatic N) is 2. The number of carbonyl (C=O) groups excluding carboxylic acids is 1. The van der Waals surface area contributed by atoms with E-state index in [1.54, 1.807) is 32.2 Å². The Morgan fingerprint density at radius 2 is 2.21 bits per heavy atom. The Morgan fingerprint density at radius 1 is 1.38 bits per heavy atom. The highest BCUT2D eigenvalue weighted by Crippen LogP contribution is 2.25. The normalized spacial score (nSPS) is 10.8. The molecule has 0 saturated heterocycles. The third kappa shape index (κ3) is 3.60. The van der Waals surface area contributed by atoms with Crippen LogP contribution in [0.2, 0.25) is 0 Å². The van der Waals surface area contributed by atoms with E-state index in [9.17, 15) is 9.59 Å². The summed E-state index contributed by atoms with van der Waals surface area (Å²) in [5, 5.41) is 5.05. The van der Waals surface area contributed by atoms with E-state index >= 15 is 0 Å². The summed E-state index contributed by atoms with van der Waals surface area (Å²) in [6.07, 6.45) is 2.09. The number of hydrogen-bond acceptors (Lipinski definition) is 6. The second-order valence-electron chi connectivity index (χ2n) is 5.28. The maximum Gasteiger partial charge on any atom is 0.254 e. The number of aromatic nitrogens is 3. The molecule has 2 N–H and O–H groups in total. The van der Waals surface area contributed by atoms with Crippen molar-refractivity contribution in [2.75, 3.05) is 5.32 Å². The van der Waals surface area contributed by atoms with Gasteiger partial charge >= 0.3 is 0 Å². The highest BCUT2D eigenvalue weighted by molar-refractivity contribution is 7.14. The molecular formula is C16H16N4O3S. The van der Waals surface area contributed by atoms with Gasteiger partial charge in [-0.05, 0) is 32.4 Å². The van der Waals surface area contributed by atoms with Crippen molar-refractivity contribution in [1.82, 2.24) is 15.0 Å². The van der Waals surface area contributed by atoms with E-state index < -0.39 is 0 Å². The summed E-state index contributed by atoms with van der Waals surface area (Å²) in [4.78, 5) is 35.2. The number of rotatable bonds is 5. The van der Waals surface area contributed by atoms with Crippen LogP contribution in [0.25, 0.3) is 11.5 Å². The lowest BCUT2D eigenvalue weighted by molar-refractivity contribution is -0.116. The van der Waals surface area contributed by atoms with Crippen molar-refractivity contribution in [1.29, 1.82) is 0 Å². The second-order valence-corrected chi connectivity index (χ2v) is 6.14. The quantitative estimate of drug-likeness (QED) is 0.741. The molecule has 0 aliphatic carbocycles. The second kappa shape index (κ2) is 6.79. The Morgan fingerprint density at radius 3 is 2.92 bits per heavy atom. The Hall–Kier alpha value is -2.74. The van der Waals surface area contributed by atoms with Crippen LogP contribution in [0.5, 0.6) is 0 Å². The molecule has 0 spiro atoms. The Labute approximate surface area is 141 Å². The van der Waals surface area contributed by atoms with Gasteiger partial charge in [0.05, 0.1) is 6.26 Å². The molecule has 0 aliphatic heterocycles. The first-order valence-electron chi connectivity index (χ1n) is 7.38. The predicted molar refractivity (Wildman–Crippen MR) is 91.1 cm³/mol. The van der Waals surface area contributed by atoms with E-state index in [0.717, 1.165) is 0 Å². The molecule has 3 heterocycles. The van der Waals surface area contributed by atoms with Crippen LogP contribution < -0.4 is 10.9 Å². The van der Waals surface area contributed by atoms with Gasteiger partial charge in [0.1, 0.15) is 11.5 Å². The van der Waals surface area contributed by atoms with Gasteiger partial charge in [-0.1, -0.05) is 0 Å². The van der Waals surface area contributed by atoms with Crippen LogP contribution in [0.4, 0.5) is 5.13 Å². The Kier molecular flexibility index (Phi) is 4.57. The zero-order valence-electron chi connectivity index (χ0n) is 13.3. The Bertz CT molecular complexity index is 912. The minimum Gasteiger partial charge on any atom is -0.463 e. The summed E-state index contributed by atoms with van der Waals surface area (Å²) in [6.45, 7) is 3.50. The largest absolute Gasteiger partial charge is 0.463 e. The maximum atomic E-state index is 12.1. The predicted octanol–water partition coefficient (Wildman–Crippen LogP) is 2.67. The first kappa shape index (κ1) is 16.1. The molecular weight excluding hydrogens is 328 g/mol. The van der Waals surface area contributed by atoms with Gasteiger partial charge in [-0.3, -0.25) is 9.59 Å². The minimum atomic E-state index is -0.199. The van der Waals surface area contributed by atoms with Crippen molar-refractivity contribution in [2.45, 2.75) is 26.7 Å². The summed E-state index contributed by atoms with van der Waals surface area (Å²) < 4.78 is 5.27. The molecule has 124 valence electrons. The summed E-state index contributed by atoms with van der Waals surface area (Å²) in [7, 11) is 0. The van der Waals surface area contributed by atoms with Gasteiger partial charge in [0.25, 0.3) is 5.56 Å². The number of thiazole rings is 1. The van der Waals surface area contributed by atoms with E-state index in [2.05, 4.69) is 20.3 Å². The first-order chi connectivity index (χ1) is 11.5. The average molecular weight is 344 g/mol. The summed E-state index contributed by atoms with van der Waals surface area (Å²) in [6, 6.07) is 3.59. The lowest BCUT2D eigenvalue weighted by Crippen LogP contribution is -2.20. The highest BCUT2D eigenvalue weighted by atomic mass is 32.1. The average Bonchev–Trinajstić information content (AvgIpc) is 3.16. The van der Waals surface area contributed by atoms with Crippen molar-refractivity contribution in [3.05, 3.63) is 51.2 Å². The minimum absolute atomic E-state index is 0.185.